The lowest BCUT2D eigenvalue weighted by molar-refractivity contribution is 0.470. The standard InChI is InChI=1S/C25H21Cl3IN5OS/c1-2-3-4-21-31-22(24(28)32-21)20-11-18(16-9-15(27)10-17(29)23(16)35)33-34(20)25-30-19(12-36-25)13-5-7-14(26)8-6-13/h5-10,12,20,35H,2-4,11H2,1H3,(H,31,32). The molecule has 1 aliphatic rings. The molecule has 3 heterocycles. The molecule has 0 saturated heterocycles. The molecule has 2 aromatic heterocycles. The van der Waals surface area contributed by atoms with Gasteiger partial charge >= 0.3 is 0 Å². The van der Waals surface area contributed by atoms with Gasteiger partial charge in [-0.2, -0.15) is 5.10 Å². The second-order valence-electron chi connectivity index (χ2n) is 8.41. The van der Waals surface area contributed by atoms with E-state index in [4.69, 9.17) is 44.9 Å². The van der Waals surface area contributed by atoms with E-state index in [-0.39, 0.29) is 11.8 Å². The molecule has 186 valence electrons. The highest BCUT2D eigenvalue weighted by atomic mass is 127. The molecule has 0 amide bonds. The van der Waals surface area contributed by atoms with Crippen LogP contribution < -0.4 is 5.01 Å². The van der Waals surface area contributed by atoms with Crippen LogP contribution in [0, 0.1) is 3.57 Å². The Balaban J connectivity index is 1.56. The third-order valence-corrected chi connectivity index (χ3v) is 8.32. The lowest BCUT2D eigenvalue weighted by Crippen LogP contribution is -2.19. The van der Waals surface area contributed by atoms with Crippen molar-refractivity contribution in [2.75, 3.05) is 5.01 Å². The van der Waals surface area contributed by atoms with E-state index in [0.717, 1.165) is 42.0 Å². The van der Waals surface area contributed by atoms with E-state index >= 15 is 0 Å². The van der Waals surface area contributed by atoms with Gasteiger partial charge in [-0.25, -0.2) is 15.0 Å². The summed E-state index contributed by atoms with van der Waals surface area (Å²) in [6, 6.07) is 10.8. The minimum atomic E-state index is -0.268. The van der Waals surface area contributed by atoms with Crippen LogP contribution in [0.2, 0.25) is 15.2 Å². The number of hydrogen-bond donors (Lipinski definition) is 2. The molecule has 1 aliphatic heterocycles. The van der Waals surface area contributed by atoms with E-state index in [1.54, 1.807) is 12.1 Å². The number of phenolic OH excluding ortho intramolecular Hbond substituents is 1. The average Bonchev–Trinajstić information content (AvgIpc) is 3.58. The molecule has 6 nitrogen and oxygen atoms in total. The fraction of sp³-hybridized carbons (Fsp3) is 0.240. The zero-order valence-electron chi connectivity index (χ0n) is 19.1. The molecule has 0 bridgehead atoms. The first kappa shape index (κ1) is 25.8. The summed E-state index contributed by atoms with van der Waals surface area (Å²) in [6.07, 6.45) is 3.40. The maximum Gasteiger partial charge on any atom is 0.207 e. The second kappa shape index (κ2) is 10.9. The van der Waals surface area contributed by atoms with Gasteiger partial charge in [0.15, 0.2) is 5.15 Å². The first-order chi connectivity index (χ1) is 17.3. The van der Waals surface area contributed by atoms with E-state index in [0.29, 0.717) is 41.6 Å². The largest absolute Gasteiger partial charge is 0.506 e. The number of aryl methyl sites for hydroxylation is 1. The fourth-order valence-corrected chi connectivity index (χ4v) is 6.34. The minimum Gasteiger partial charge on any atom is -0.506 e. The Kier molecular flexibility index (Phi) is 7.78. The van der Waals surface area contributed by atoms with Gasteiger partial charge in [-0.05, 0) is 53.3 Å². The van der Waals surface area contributed by atoms with Crippen molar-refractivity contribution >= 4 is 79.6 Å². The van der Waals surface area contributed by atoms with Crippen molar-refractivity contribution in [3.63, 3.8) is 0 Å². The van der Waals surface area contributed by atoms with Crippen molar-refractivity contribution < 1.29 is 5.11 Å². The normalized spacial score (nSPS) is 15.5. The molecule has 11 heteroatoms. The number of hydrazone groups is 1. The molecule has 2 aromatic carbocycles. The molecule has 5 rings (SSSR count). The number of thiazole rings is 1. The topological polar surface area (TPSA) is 77.4 Å². The van der Waals surface area contributed by atoms with E-state index in [2.05, 4.69) is 39.5 Å². The summed E-state index contributed by atoms with van der Waals surface area (Å²) in [6.45, 7) is 2.14. The van der Waals surface area contributed by atoms with Crippen LogP contribution >= 0.6 is 68.7 Å². The first-order valence-electron chi connectivity index (χ1n) is 11.3. The number of hydrogen-bond acceptors (Lipinski definition) is 6. The predicted molar refractivity (Wildman–Crippen MR) is 157 cm³/mol. The molecule has 0 fully saturated rings. The number of nitrogens with zero attached hydrogens (tertiary/aromatic N) is 4. The van der Waals surface area contributed by atoms with Gasteiger partial charge in [0.05, 0.1) is 20.7 Å². The van der Waals surface area contributed by atoms with Gasteiger partial charge in [-0.1, -0.05) is 60.3 Å². The van der Waals surface area contributed by atoms with Crippen LogP contribution in [0.25, 0.3) is 11.3 Å². The third kappa shape index (κ3) is 5.24. The SMILES string of the molecule is CCCCc1nc(Cl)c(C2CC(c3cc(Cl)cc(I)c3O)=NN2c2nc(-c3ccc(Cl)cc3)cs2)[nH]1. The van der Waals surface area contributed by atoms with Gasteiger partial charge in [-0.3, -0.25) is 0 Å². The number of phenols is 1. The highest BCUT2D eigenvalue weighted by Crippen LogP contribution is 2.42. The number of aromatic hydroxyl groups is 1. The number of benzene rings is 2. The fourth-order valence-electron chi connectivity index (χ4n) is 4.08. The molecule has 2 N–H and O–H groups in total. The van der Waals surface area contributed by atoms with Crippen molar-refractivity contribution in [1.29, 1.82) is 0 Å². The number of H-pyrrole nitrogens is 1. The van der Waals surface area contributed by atoms with Crippen LogP contribution in [-0.2, 0) is 6.42 Å². The Bertz CT molecular complexity index is 1440. The van der Waals surface area contributed by atoms with Gasteiger partial charge in [-0.15, -0.1) is 11.3 Å². The summed E-state index contributed by atoms with van der Waals surface area (Å²) in [5.41, 5.74) is 3.86. The summed E-state index contributed by atoms with van der Waals surface area (Å²) in [4.78, 5) is 12.8. The molecule has 0 aliphatic carbocycles. The molecule has 0 spiro atoms. The number of halogens is 4. The van der Waals surface area contributed by atoms with E-state index in [9.17, 15) is 5.11 Å². The Morgan fingerprint density at radius 1 is 1.14 bits per heavy atom. The molecule has 4 aromatic rings. The quantitative estimate of drug-likeness (QED) is 0.193. The van der Waals surface area contributed by atoms with Crippen molar-refractivity contribution in [2.45, 2.75) is 38.6 Å². The predicted octanol–water partition coefficient (Wildman–Crippen LogP) is 8.50. The van der Waals surface area contributed by atoms with Crippen LogP contribution in [0.1, 0.15) is 49.3 Å². The van der Waals surface area contributed by atoms with E-state index < -0.39 is 0 Å². The number of nitrogens with one attached hydrogen (secondary N) is 1. The zero-order chi connectivity index (χ0) is 25.4. The van der Waals surface area contributed by atoms with Crippen molar-refractivity contribution in [3.05, 3.63) is 77.6 Å². The third-order valence-electron chi connectivity index (χ3n) is 5.91. The van der Waals surface area contributed by atoms with Crippen LogP contribution in [0.4, 0.5) is 5.13 Å². The molecular weight excluding hydrogens is 652 g/mol. The highest BCUT2D eigenvalue weighted by molar-refractivity contribution is 14.1. The van der Waals surface area contributed by atoms with Gasteiger partial charge in [0, 0.05) is 39.4 Å². The Morgan fingerprint density at radius 3 is 2.67 bits per heavy atom. The van der Waals surface area contributed by atoms with Gasteiger partial charge in [0.2, 0.25) is 5.13 Å². The van der Waals surface area contributed by atoms with Crippen molar-refractivity contribution in [1.82, 2.24) is 15.0 Å². The molecule has 0 radical (unpaired) electrons. The van der Waals surface area contributed by atoms with E-state index in [1.807, 2.05) is 34.7 Å². The molecule has 36 heavy (non-hydrogen) atoms. The first-order valence-corrected chi connectivity index (χ1v) is 14.4. The molecule has 1 unspecified atom stereocenters. The molecular formula is C25H21Cl3IN5OS. The molecule has 0 saturated carbocycles. The number of anilines is 1. The summed E-state index contributed by atoms with van der Waals surface area (Å²) < 4.78 is 0.661. The maximum atomic E-state index is 10.8. The van der Waals surface area contributed by atoms with Crippen LogP contribution in [0.15, 0.2) is 46.9 Å². The van der Waals surface area contributed by atoms with Crippen LogP contribution in [0.5, 0.6) is 5.75 Å². The zero-order valence-corrected chi connectivity index (χ0v) is 24.3. The van der Waals surface area contributed by atoms with Crippen LogP contribution in [0.3, 0.4) is 0 Å². The highest BCUT2D eigenvalue weighted by Gasteiger charge is 2.36. The van der Waals surface area contributed by atoms with Gasteiger partial charge < -0.3 is 10.1 Å². The number of aromatic nitrogens is 3. The van der Waals surface area contributed by atoms with Crippen molar-refractivity contribution in [2.24, 2.45) is 5.10 Å². The number of unbranched alkanes of at least 4 members (excludes halogenated alkanes) is 1. The number of imidazole rings is 1. The van der Waals surface area contributed by atoms with Gasteiger partial charge in [0.25, 0.3) is 0 Å². The monoisotopic (exact) mass is 671 g/mol. The van der Waals surface area contributed by atoms with E-state index in [1.165, 1.54) is 11.3 Å². The summed E-state index contributed by atoms with van der Waals surface area (Å²) >= 11 is 22.6. The lowest BCUT2D eigenvalue weighted by atomic mass is 10.0. The summed E-state index contributed by atoms with van der Waals surface area (Å²) in [5.74, 6) is 1.01. The number of rotatable bonds is 7. The number of aromatic amines is 1. The Morgan fingerprint density at radius 2 is 1.92 bits per heavy atom. The van der Waals surface area contributed by atoms with Gasteiger partial charge in [0.1, 0.15) is 17.6 Å². The smallest absolute Gasteiger partial charge is 0.207 e. The second-order valence-corrected chi connectivity index (χ2v) is 11.6. The average molecular weight is 673 g/mol. The van der Waals surface area contributed by atoms with Crippen molar-refractivity contribution in [3.8, 4) is 17.0 Å². The Labute approximate surface area is 241 Å². The summed E-state index contributed by atoms with van der Waals surface area (Å²) in [7, 11) is 0. The maximum absolute atomic E-state index is 10.8. The summed E-state index contributed by atoms with van der Waals surface area (Å²) in [5, 5.41) is 21.9. The van der Waals surface area contributed by atoms with Crippen LogP contribution in [-0.4, -0.2) is 25.8 Å². The minimum absolute atomic E-state index is 0.152. The Hall–Kier alpha value is -1.85. The lowest BCUT2D eigenvalue weighted by Gasteiger charge is -2.20. The molecule has 1 atom stereocenters.